The number of benzene rings is 1. The van der Waals surface area contributed by atoms with Crippen molar-refractivity contribution in [3.8, 4) is 0 Å². The first-order valence-electron chi connectivity index (χ1n) is 3.76. The zero-order chi connectivity index (χ0) is 9.68. The first-order chi connectivity index (χ1) is 6.25. The van der Waals surface area contributed by atoms with Crippen LogP contribution in [0.3, 0.4) is 0 Å². The Labute approximate surface area is 81.9 Å². The number of ether oxygens (including phenoxy) is 1. The molecule has 0 N–H and O–H groups in total. The molecule has 0 spiro atoms. The van der Waals surface area contributed by atoms with Crippen molar-refractivity contribution in [2.75, 3.05) is 18.7 Å². The van der Waals surface area contributed by atoms with E-state index in [1.807, 2.05) is 18.2 Å². The van der Waals surface area contributed by atoms with Crippen LogP contribution in [-0.4, -0.2) is 19.2 Å². The number of para-hydroxylation sites is 1. The number of carbonyl (C=O) groups is 1. The molecule has 0 atom stereocenters. The zero-order valence-electron chi connectivity index (χ0n) is 7.24. The Kier molecular flexibility index (Phi) is 3.73. The Morgan fingerprint density at radius 2 is 2.08 bits per heavy atom. The molecule has 0 heterocycles. The fourth-order valence-corrected chi connectivity index (χ4v) is 1.11. The summed E-state index contributed by atoms with van der Waals surface area (Å²) in [6.07, 6.45) is 0. The highest BCUT2D eigenvalue weighted by atomic mass is 35.5. The summed E-state index contributed by atoms with van der Waals surface area (Å²) in [5, 5.41) is -0.548. The molecule has 1 aromatic rings. The van der Waals surface area contributed by atoms with Gasteiger partial charge in [0, 0.05) is 12.8 Å². The topological polar surface area (TPSA) is 29.5 Å². The van der Waals surface area contributed by atoms with E-state index in [4.69, 9.17) is 16.3 Å². The summed E-state index contributed by atoms with van der Waals surface area (Å²) in [7, 11) is 1.51. The van der Waals surface area contributed by atoms with E-state index in [9.17, 15) is 4.79 Å². The van der Waals surface area contributed by atoms with Crippen molar-refractivity contribution >= 4 is 22.7 Å². The van der Waals surface area contributed by atoms with Gasteiger partial charge >= 0.3 is 5.37 Å². The van der Waals surface area contributed by atoms with Gasteiger partial charge in [0.2, 0.25) is 0 Å². The average molecular weight is 200 g/mol. The lowest BCUT2D eigenvalue weighted by Gasteiger charge is -2.17. The van der Waals surface area contributed by atoms with Crippen molar-refractivity contribution in [1.82, 2.24) is 0 Å². The maximum absolute atomic E-state index is 10.9. The number of amides is 1. The van der Waals surface area contributed by atoms with E-state index in [1.54, 1.807) is 12.1 Å². The van der Waals surface area contributed by atoms with E-state index >= 15 is 0 Å². The molecule has 0 aliphatic rings. The Hall–Kier alpha value is -1.06. The van der Waals surface area contributed by atoms with Crippen molar-refractivity contribution < 1.29 is 9.53 Å². The Morgan fingerprint density at radius 1 is 1.46 bits per heavy atom. The Morgan fingerprint density at radius 3 is 2.54 bits per heavy atom. The molecule has 0 fully saturated rings. The molecule has 0 aliphatic heterocycles. The van der Waals surface area contributed by atoms with E-state index in [-0.39, 0.29) is 6.73 Å². The number of nitrogens with zero attached hydrogens (tertiary/aromatic N) is 1. The summed E-state index contributed by atoms with van der Waals surface area (Å²) in [6.45, 7) is 0.159. The summed E-state index contributed by atoms with van der Waals surface area (Å²) in [5.41, 5.74) is 0.726. The van der Waals surface area contributed by atoms with Crippen molar-refractivity contribution in [2.24, 2.45) is 0 Å². The van der Waals surface area contributed by atoms with Crippen LogP contribution in [0.2, 0.25) is 0 Å². The molecule has 70 valence electrons. The van der Waals surface area contributed by atoms with Gasteiger partial charge in [-0.3, -0.25) is 9.69 Å². The smallest absolute Gasteiger partial charge is 0.322 e. The van der Waals surface area contributed by atoms with Crippen molar-refractivity contribution in [3.05, 3.63) is 30.3 Å². The van der Waals surface area contributed by atoms with Gasteiger partial charge in [-0.1, -0.05) is 18.2 Å². The normalized spacial score (nSPS) is 9.69. The molecule has 0 unspecified atom stereocenters. The molecule has 0 saturated heterocycles. The lowest BCUT2D eigenvalue weighted by Crippen LogP contribution is -2.27. The number of methoxy groups -OCH3 is 1. The number of halogens is 1. The quantitative estimate of drug-likeness (QED) is 0.425. The maximum Gasteiger partial charge on any atom is 0.322 e. The van der Waals surface area contributed by atoms with Crippen LogP contribution in [0.15, 0.2) is 30.3 Å². The molecule has 0 bridgehead atoms. The minimum Gasteiger partial charge on any atom is -0.364 e. The molecule has 0 saturated carbocycles. The van der Waals surface area contributed by atoms with Gasteiger partial charge in [0.1, 0.15) is 6.73 Å². The third kappa shape index (κ3) is 2.72. The molecule has 1 amide bonds. The highest BCUT2D eigenvalue weighted by molar-refractivity contribution is 6.66. The largest absolute Gasteiger partial charge is 0.364 e. The van der Waals surface area contributed by atoms with Crippen LogP contribution >= 0.6 is 11.6 Å². The van der Waals surface area contributed by atoms with Gasteiger partial charge in [0.15, 0.2) is 0 Å². The summed E-state index contributed by atoms with van der Waals surface area (Å²) >= 11 is 5.36. The first-order valence-corrected chi connectivity index (χ1v) is 4.14. The van der Waals surface area contributed by atoms with Gasteiger partial charge < -0.3 is 4.74 Å². The van der Waals surface area contributed by atoms with E-state index < -0.39 is 5.37 Å². The van der Waals surface area contributed by atoms with Gasteiger partial charge in [-0.25, -0.2) is 0 Å². The van der Waals surface area contributed by atoms with Gasteiger partial charge in [-0.15, -0.1) is 0 Å². The van der Waals surface area contributed by atoms with Crippen LogP contribution in [0, 0.1) is 0 Å². The molecule has 1 rings (SSSR count). The minimum atomic E-state index is -0.548. The van der Waals surface area contributed by atoms with E-state index in [2.05, 4.69) is 0 Å². The monoisotopic (exact) mass is 199 g/mol. The maximum atomic E-state index is 10.9. The number of anilines is 1. The molecule has 0 aromatic heterocycles. The Balaban J connectivity index is 2.82. The zero-order valence-corrected chi connectivity index (χ0v) is 7.99. The second kappa shape index (κ2) is 4.84. The third-order valence-electron chi connectivity index (χ3n) is 1.54. The third-order valence-corrected chi connectivity index (χ3v) is 1.74. The predicted molar refractivity (Wildman–Crippen MR) is 52.0 cm³/mol. The summed E-state index contributed by atoms with van der Waals surface area (Å²) in [4.78, 5) is 12.3. The first kappa shape index (κ1) is 10.0. The fraction of sp³-hybridized carbons (Fsp3) is 0.222. The van der Waals surface area contributed by atoms with Gasteiger partial charge in [-0.05, 0) is 23.7 Å². The van der Waals surface area contributed by atoms with Crippen molar-refractivity contribution in [3.63, 3.8) is 0 Å². The summed E-state index contributed by atoms with van der Waals surface area (Å²) in [5.74, 6) is 0. The number of hydrogen-bond donors (Lipinski definition) is 0. The SMILES string of the molecule is COCN(C(=O)Cl)c1ccccc1. The summed E-state index contributed by atoms with van der Waals surface area (Å²) < 4.78 is 4.84. The van der Waals surface area contributed by atoms with E-state index in [0.717, 1.165) is 5.69 Å². The second-order valence-electron chi connectivity index (χ2n) is 2.43. The molecule has 4 heteroatoms. The van der Waals surface area contributed by atoms with Crippen LogP contribution in [0.5, 0.6) is 0 Å². The molecule has 0 aliphatic carbocycles. The van der Waals surface area contributed by atoms with E-state index in [1.165, 1.54) is 12.0 Å². The molecule has 0 radical (unpaired) electrons. The van der Waals surface area contributed by atoms with Crippen molar-refractivity contribution in [2.45, 2.75) is 0 Å². The number of rotatable bonds is 3. The Bertz CT molecular complexity index is 276. The predicted octanol–water partition coefficient (Wildman–Crippen LogP) is 2.46. The standard InChI is InChI=1S/C9H10ClNO2/c1-13-7-11(9(10)12)8-5-3-2-4-6-8/h2-6H,7H2,1H3. The highest BCUT2D eigenvalue weighted by Gasteiger charge is 2.11. The van der Waals surface area contributed by atoms with Gasteiger partial charge in [0.25, 0.3) is 0 Å². The van der Waals surface area contributed by atoms with Gasteiger partial charge in [0.05, 0.1) is 0 Å². The molecule has 3 nitrogen and oxygen atoms in total. The summed E-state index contributed by atoms with van der Waals surface area (Å²) in [6, 6.07) is 9.11. The average Bonchev–Trinajstić information content (AvgIpc) is 2.15. The fourth-order valence-electron chi connectivity index (χ4n) is 0.964. The van der Waals surface area contributed by atoms with Crippen LogP contribution in [-0.2, 0) is 4.74 Å². The lowest BCUT2D eigenvalue weighted by molar-refractivity contribution is 0.197. The van der Waals surface area contributed by atoms with Crippen molar-refractivity contribution in [1.29, 1.82) is 0 Å². The van der Waals surface area contributed by atoms with Crippen LogP contribution in [0.4, 0.5) is 10.5 Å². The van der Waals surface area contributed by atoms with Crippen LogP contribution in [0.1, 0.15) is 0 Å². The molecular weight excluding hydrogens is 190 g/mol. The van der Waals surface area contributed by atoms with Crippen LogP contribution in [0.25, 0.3) is 0 Å². The van der Waals surface area contributed by atoms with Crippen LogP contribution < -0.4 is 4.90 Å². The number of carbonyl (C=O) groups excluding carboxylic acids is 1. The minimum absolute atomic E-state index is 0.159. The van der Waals surface area contributed by atoms with E-state index in [0.29, 0.717) is 0 Å². The number of hydrogen-bond acceptors (Lipinski definition) is 2. The van der Waals surface area contributed by atoms with Gasteiger partial charge in [-0.2, -0.15) is 0 Å². The molecule has 1 aromatic carbocycles. The lowest BCUT2D eigenvalue weighted by atomic mass is 10.3. The molecule has 13 heavy (non-hydrogen) atoms. The second-order valence-corrected chi connectivity index (χ2v) is 2.76. The molecular formula is C9H10ClNO2. The highest BCUT2D eigenvalue weighted by Crippen LogP contribution is 2.14.